The van der Waals surface area contributed by atoms with Gasteiger partial charge in [0.15, 0.2) is 0 Å². The van der Waals surface area contributed by atoms with Gasteiger partial charge < -0.3 is 14.8 Å². The quantitative estimate of drug-likeness (QED) is 0.593. The summed E-state index contributed by atoms with van der Waals surface area (Å²) in [6, 6.07) is 14.0. The number of hydrogen-bond donors (Lipinski definition) is 1. The van der Waals surface area contributed by atoms with Crippen LogP contribution < -0.4 is 14.8 Å². The lowest BCUT2D eigenvalue weighted by molar-refractivity contribution is 0.0933. The summed E-state index contributed by atoms with van der Waals surface area (Å²) in [5.74, 6) is 1.58. The van der Waals surface area contributed by atoms with Crippen molar-refractivity contribution in [3.63, 3.8) is 0 Å². The first-order chi connectivity index (χ1) is 14.4. The summed E-state index contributed by atoms with van der Waals surface area (Å²) in [6.07, 6.45) is 7.07. The van der Waals surface area contributed by atoms with Crippen molar-refractivity contribution in [3.05, 3.63) is 59.2 Å². The Hall–Kier alpha value is -2.49. The van der Waals surface area contributed by atoms with Crippen LogP contribution in [0.1, 0.15) is 80.8 Å². The van der Waals surface area contributed by atoms with Crippen LogP contribution in [0.3, 0.4) is 0 Å². The fourth-order valence-electron chi connectivity index (χ4n) is 4.09. The Labute approximate surface area is 181 Å². The molecular formula is C26H35NO3. The molecule has 162 valence electrons. The van der Waals surface area contributed by atoms with Gasteiger partial charge in [0.1, 0.15) is 18.1 Å². The van der Waals surface area contributed by atoms with E-state index >= 15 is 0 Å². The van der Waals surface area contributed by atoms with Crippen LogP contribution in [0.5, 0.6) is 11.5 Å². The van der Waals surface area contributed by atoms with Crippen LogP contribution in [0, 0.1) is 0 Å². The van der Waals surface area contributed by atoms with Gasteiger partial charge in [-0.25, -0.2) is 0 Å². The van der Waals surface area contributed by atoms with Crippen LogP contribution in [0.15, 0.2) is 42.5 Å². The molecule has 1 aliphatic carbocycles. The zero-order chi connectivity index (χ0) is 21.6. The largest absolute Gasteiger partial charge is 0.496 e. The second kappa shape index (κ2) is 10.0. The second-order valence-corrected chi connectivity index (χ2v) is 9.22. The Balaban J connectivity index is 1.74. The van der Waals surface area contributed by atoms with Crippen molar-refractivity contribution in [2.24, 2.45) is 0 Å². The summed E-state index contributed by atoms with van der Waals surface area (Å²) in [5, 5.41) is 3.22. The zero-order valence-electron chi connectivity index (χ0n) is 18.8. The van der Waals surface area contributed by atoms with Gasteiger partial charge in [0, 0.05) is 17.2 Å². The van der Waals surface area contributed by atoms with Crippen molar-refractivity contribution in [1.29, 1.82) is 0 Å². The van der Waals surface area contributed by atoms with E-state index in [2.05, 4.69) is 32.2 Å². The molecule has 0 spiro atoms. The van der Waals surface area contributed by atoms with Crippen molar-refractivity contribution in [3.8, 4) is 11.5 Å². The minimum absolute atomic E-state index is 0.0128. The maximum atomic E-state index is 12.8. The maximum Gasteiger partial charge on any atom is 0.251 e. The monoisotopic (exact) mass is 409 g/mol. The third-order valence-corrected chi connectivity index (χ3v) is 5.81. The molecule has 2 aromatic carbocycles. The Morgan fingerprint density at radius 3 is 2.37 bits per heavy atom. The van der Waals surface area contributed by atoms with Crippen molar-refractivity contribution in [2.45, 2.75) is 77.4 Å². The van der Waals surface area contributed by atoms with Gasteiger partial charge in [-0.3, -0.25) is 4.79 Å². The molecule has 4 nitrogen and oxygen atoms in total. The third kappa shape index (κ3) is 5.78. The van der Waals surface area contributed by atoms with E-state index in [1.54, 1.807) is 7.11 Å². The number of carbonyl (C=O) groups excluding carboxylic acids is 1. The number of amides is 1. The minimum atomic E-state index is -0.0131. The lowest BCUT2D eigenvalue weighted by atomic mass is 9.86. The van der Waals surface area contributed by atoms with Gasteiger partial charge >= 0.3 is 0 Å². The molecule has 0 atom stereocenters. The summed E-state index contributed by atoms with van der Waals surface area (Å²) in [5.41, 5.74) is 2.67. The van der Waals surface area contributed by atoms with Crippen LogP contribution in [0.2, 0.25) is 0 Å². The molecule has 1 amide bonds. The SMILES string of the molecule is COc1ccc(C(=O)NC2CCCCCC2)cc1COc1ccccc1C(C)(C)C. The maximum absolute atomic E-state index is 12.8. The first kappa shape index (κ1) is 22.2. The number of hydrogen-bond acceptors (Lipinski definition) is 3. The van der Waals surface area contributed by atoms with Gasteiger partial charge in [0.2, 0.25) is 0 Å². The van der Waals surface area contributed by atoms with E-state index in [1.807, 2.05) is 36.4 Å². The van der Waals surface area contributed by atoms with Gasteiger partial charge in [-0.2, -0.15) is 0 Å². The van der Waals surface area contributed by atoms with Crippen molar-refractivity contribution in [1.82, 2.24) is 5.32 Å². The molecule has 3 rings (SSSR count). The lowest BCUT2D eigenvalue weighted by Crippen LogP contribution is -2.34. The molecule has 0 radical (unpaired) electrons. The van der Waals surface area contributed by atoms with Crippen LogP contribution in [-0.2, 0) is 12.0 Å². The van der Waals surface area contributed by atoms with Crippen molar-refractivity contribution >= 4 is 5.91 Å². The summed E-state index contributed by atoms with van der Waals surface area (Å²) < 4.78 is 11.7. The minimum Gasteiger partial charge on any atom is -0.496 e. The van der Waals surface area contributed by atoms with Crippen LogP contribution in [-0.4, -0.2) is 19.1 Å². The summed E-state index contributed by atoms with van der Waals surface area (Å²) in [4.78, 5) is 12.8. The Bertz CT molecular complexity index is 846. The van der Waals surface area contributed by atoms with Gasteiger partial charge in [0.05, 0.1) is 7.11 Å². The van der Waals surface area contributed by atoms with E-state index in [-0.39, 0.29) is 17.4 Å². The average Bonchev–Trinajstić information content (AvgIpc) is 3.00. The highest BCUT2D eigenvalue weighted by Crippen LogP contribution is 2.32. The number of benzene rings is 2. The number of rotatable bonds is 6. The number of nitrogens with one attached hydrogen (secondary N) is 1. The molecule has 0 aromatic heterocycles. The smallest absolute Gasteiger partial charge is 0.251 e. The number of carbonyl (C=O) groups is 1. The molecule has 2 aromatic rings. The molecular weight excluding hydrogens is 374 g/mol. The molecule has 0 aliphatic heterocycles. The molecule has 4 heteroatoms. The molecule has 0 heterocycles. The number of para-hydroxylation sites is 1. The fraction of sp³-hybridized carbons (Fsp3) is 0.500. The summed E-state index contributed by atoms with van der Waals surface area (Å²) in [6.45, 7) is 6.87. The molecule has 30 heavy (non-hydrogen) atoms. The topological polar surface area (TPSA) is 47.6 Å². The molecule has 1 aliphatic rings. The van der Waals surface area contributed by atoms with E-state index in [0.29, 0.717) is 12.2 Å². The van der Waals surface area contributed by atoms with E-state index in [4.69, 9.17) is 9.47 Å². The highest BCUT2D eigenvalue weighted by atomic mass is 16.5. The second-order valence-electron chi connectivity index (χ2n) is 9.22. The Morgan fingerprint density at radius 1 is 1.00 bits per heavy atom. The fourth-order valence-corrected chi connectivity index (χ4v) is 4.09. The molecule has 0 unspecified atom stereocenters. The summed E-state index contributed by atoms with van der Waals surface area (Å²) >= 11 is 0. The van der Waals surface area contributed by atoms with Gasteiger partial charge in [0.25, 0.3) is 5.91 Å². The highest BCUT2D eigenvalue weighted by Gasteiger charge is 2.20. The van der Waals surface area contributed by atoms with E-state index in [0.717, 1.165) is 35.5 Å². The normalized spacial score (nSPS) is 15.3. The predicted molar refractivity (Wildman–Crippen MR) is 121 cm³/mol. The predicted octanol–water partition coefficient (Wildman–Crippen LogP) is 6.02. The van der Waals surface area contributed by atoms with Gasteiger partial charge in [-0.05, 0) is 48.1 Å². The lowest BCUT2D eigenvalue weighted by Gasteiger charge is -2.23. The number of methoxy groups -OCH3 is 1. The van der Waals surface area contributed by atoms with E-state index < -0.39 is 0 Å². The first-order valence-corrected chi connectivity index (χ1v) is 11.1. The van der Waals surface area contributed by atoms with Crippen LogP contribution >= 0.6 is 0 Å². The molecule has 1 saturated carbocycles. The number of ether oxygens (including phenoxy) is 2. The highest BCUT2D eigenvalue weighted by molar-refractivity contribution is 5.94. The van der Waals surface area contributed by atoms with Gasteiger partial charge in [-0.15, -0.1) is 0 Å². The van der Waals surface area contributed by atoms with E-state index in [1.165, 1.54) is 25.7 Å². The molecule has 0 bridgehead atoms. The van der Waals surface area contributed by atoms with Crippen molar-refractivity contribution < 1.29 is 14.3 Å². The zero-order valence-corrected chi connectivity index (χ0v) is 18.8. The Kier molecular flexibility index (Phi) is 7.41. The standard InChI is InChI=1S/C26H35NO3/c1-26(2,3)22-13-9-10-14-24(22)30-18-20-17-19(15-16-23(20)29-4)25(28)27-21-11-7-5-6-8-12-21/h9-10,13-17,21H,5-8,11-12,18H2,1-4H3,(H,27,28). The molecule has 1 N–H and O–H groups in total. The van der Waals surface area contributed by atoms with Crippen LogP contribution in [0.25, 0.3) is 0 Å². The van der Waals surface area contributed by atoms with Gasteiger partial charge in [-0.1, -0.05) is 64.7 Å². The molecule has 1 fully saturated rings. The third-order valence-electron chi connectivity index (χ3n) is 5.81. The Morgan fingerprint density at radius 2 is 1.70 bits per heavy atom. The van der Waals surface area contributed by atoms with E-state index in [9.17, 15) is 4.79 Å². The average molecular weight is 410 g/mol. The first-order valence-electron chi connectivity index (χ1n) is 11.1. The summed E-state index contributed by atoms with van der Waals surface area (Å²) in [7, 11) is 1.65. The van der Waals surface area contributed by atoms with Crippen LogP contribution in [0.4, 0.5) is 0 Å². The van der Waals surface area contributed by atoms with Crippen molar-refractivity contribution in [2.75, 3.05) is 7.11 Å². The molecule has 0 saturated heterocycles.